The molecule has 36 heavy (non-hydrogen) atoms. The number of likely N-dealkylation sites (N-methyl/N-ethyl adjacent to an activating group) is 1. The van der Waals surface area contributed by atoms with Crippen molar-refractivity contribution in [3.63, 3.8) is 0 Å². The number of nitrogens with one attached hydrogen (secondary N) is 2. The normalized spacial score (nSPS) is 17.2. The van der Waals surface area contributed by atoms with Crippen molar-refractivity contribution in [2.45, 2.75) is 103 Å². The molecule has 1 aromatic heterocycles. The van der Waals surface area contributed by atoms with Gasteiger partial charge in [-0.15, -0.1) is 0 Å². The maximum Gasteiger partial charge on any atom is 0.248 e. The van der Waals surface area contributed by atoms with Gasteiger partial charge in [-0.1, -0.05) is 71.6 Å². The molecule has 2 amide bonds. The highest BCUT2D eigenvalue weighted by molar-refractivity contribution is 6.05. The standard InChI is InChI=1S/C30H44N4O2/c1-7-19-30(5,31-6)28(36)34(25-17-15-23(16-18-25)29(2,3)4)26(22-12-11-20-32-21-22)27(35)33-24-13-9-8-10-14-24/h11-12,15-18,20-21,24,26,31H,7-10,13-14,19H2,1-6H3,(H,33,35). The van der Waals surface area contributed by atoms with Gasteiger partial charge in [0, 0.05) is 29.7 Å². The number of pyridine rings is 1. The van der Waals surface area contributed by atoms with Crippen molar-refractivity contribution in [3.05, 3.63) is 59.9 Å². The molecule has 0 spiro atoms. The molecule has 6 heteroatoms. The first-order chi connectivity index (χ1) is 17.1. The lowest BCUT2D eigenvalue weighted by atomic mass is 9.86. The number of benzene rings is 1. The lowest BCUT2D eigenvalue weighted by molar-refractivity contribution is -0.130. The van der Waals surface area contributed by atoms with Crippen LogP contribution in [0.25, 0.3) is 0 Å². The number of carbonyl (C=O) groups is 2. The van der Waals surface area contributed by atoms with E-state index in [-0.39, 0.29) is 23.3 Å². The number of carbonyl (C=O) groups excluding carboxylic acids is 2. The first-order valence-electron chi connectivity index (χ1n) is 13.4. The highest BCUT2D eigenvalue weighted by atomic mass is 16.2. The van der Waals surface area contributed by atoms with Gasteiger partial charge in [-0.25, -0.2) is 0 Å². The number of hydrogen-bond donors (Lipinski definition) is 2. The fourth-order valence-corrected chi connectivity index (χ4v) is 5.09. The molecular weight excluding hydrogens is 448 g/mol. The number of hydrogen-bond acceptors (Lipinski definition) is 4. The molecule has 0 radical (unpaired) electrons. The summed E-state index contributed by atoms with van der Waals surface area (Å²) in [5, 5.41) is 6.53. The van der Waals surface area contributed by atoms with Crippen LogP contribution in [0.4, 0.5) is 5.69 Å². The van der Waals surface area contributed by atoms with Crippen LogP contribution < -0.4 is 15.5 Å². The van der Waals surface area contributed by atoms with Gasteiger partial charge in [0.15, 0.2) is 0 Å². The molecule has 0 bridgehead atoms. The third kappa shape index (κ3) is 6.52. The Morgan fingerprint density at radius 3 is 2.25 bits per heavy atom. The van der Waals surface area contributed by atoms with Crippen molar-refractivity contribution in [1.29, 1.82) is 0 Å². The quantitative estimate of drug-likeness (QED) is 0.472. The fourth-order valence-electron chi connectivity index (χ4n) is 5.09. The Kier molecular flexibility index (Phi) is 9.29. The average Bonchev–Trinajstić information content (AvgIpc) is 2.87. The molecule has 1 fully saturated rings. The number of anilines is 1. The second-order valence-corrected chi connectivity index (χ2v) is 11.3. The van der Waals surface area contributed by atoms with E-state index in [1.54, 1.807) is 17.3 Å². The zero-order valence-corrected chi connectivity index (χ0v) is 22.9. The van der Waals surface area contributed by atoms with Gasteiger partial charge in [0.05, 0.1) is 5.54 Å². The van der Waals surface area contributed by atoms with E-state index in [0.29, 0.717) is 17.7 Å². The monoisotopic (exact) mass is 492 g/mol. The lowest BCUT2D eigenvalue weighted by Crippen LogP contribution is -2.58. The Labute approximate surface area is 217 Å². The highest BCUT2D eigenvalue weighted by Gasteiger charge is 2.42. The zero-order valence-electron chi connectivity index (χ0n) is 22.9. The summed E-state index contributed by atoms with van der Waals surface area (Å²) in [6, 6.07) is 11.1. The van der Waals surface area contributed by atoms with E-state index in [4.69, 9.17) is 0 Å². The van der Waals surface area contributed by atoms with Crippen LogP contribution in [-0.4, -0.2) is 35.4 Å². The molecule has 196 valence electrons. The number of nitrogens with zero attached hydrogens (tertiary/aromatic N) is 2. The molecule has 1 aliphatic rings. The Bertz CT molecular complexity index is 994. The average molecular weight is 493 g/mol. The predicted molar refractivity (Wildman–Crippen MR) is 147 cm³/mol. The first kappa shape index (κ1) is 27.9. The maximum atomic E-state index is 14.3. The zero-order chi connectivity index (χ0) is 26.3. The Balaban J connectivity index is 2.12. The summed E-state index contributed by atoms with van der Waals surface area (Å²) in [5.41, 5.74) is 1.75. The molecular formula is C30H44N4O2. The summed E-state index contributed by atoms with van der Waals surface area (Å²) < 4.78 is 0. The van der Waals surface area contributed by atoms with Crippen LogP contribution in [0.15, 0.2) is 48.8 Å². The van der Waals surface area contributed by atoms with E-state index in [9.17, 15) is 9.59 Å². The summed E-state index contributed by atoms with van der Waals surface area (Å²) >= 11 is 0. The summed E-state index contributed by atoms with van der Waals surface area (Å²) in [4.78, 5) is 34.3. The molecule has 0 saturated heterocycles. The predicted octanol–water partition coefficient (Wildman–Crippen LogP) is 5.68. The van der Waals surface area contributed by atoms with E-state index >= 15 is 0 Å². The molecule has 1 saturated carbocycles. The van der Waals surface area contributed by atoms with Crippen LogP contribution in [0.5, 0.6) is 0 Å². The highest BCUT2D eigenvalue weighted by Crippen LogP contribution is 2.33. The van der Waals surface area contributed by atoms with Crippen molar-refractivity contribution in [3.8, 4) is 0 Å². The number of rotatable bonds is 9. The van der Waals surface area contributed by atoms with Gasteiger partial charge in [0.25, 0.3) is 0 Å². The molecule has 2 aromatic rings. The molecule has 1 aromatic carbocycles. The Morgan fingerprint density at radius 1 is 1.06 bits per heavy atom. The van der Waals surface area contributed by atoms with Crippen molar-refractivity contribution in [1.82, 2.24) is 15.6 Å². The van der Waals surface area contributed by atoms with E-state index in [2.05, 4.69) is 55.4 Å². The van der Waals surface area contributed by atoms with E-state index < -0.39 is 11.6 Å². The molecule has 2 atom stereocenters. The van der Waals surface area contributed by atoms with E-state index in [1.807, 2.05) is 38.2 Å². The minimum absolute atomic E-state index is 0.0177. The largest absolute Gasteiger partial charge is 0.351 e. The molecule has 3 rings (SSSR count). The molecule has 2 N–H and O–H groups in total. The van der Waals surface area contributed by atoms with Crippen LogP contribution in [0.2, 0.25) is 0 Å². The van der Waals surface area contributed by atoms with Gasteiger partial charge in [0.1, 0.15) is 6.04 Å². The topological polar surface area (TPSA) is 74.3 Å². The molecule has 1 aliphatic carbocycles. The Hall–Kier alpha value is -2.73. The Morgan fingerprint density at radius 2 is 1.72 bits per heavy atom. The van der Waals surface area contributed by atoms with Crippen molar-refractivity contribution in [2.75, 3.05) is 11.9 Å². The first-order valence-corrected chi connectivity index (χ1v) is 13.4. The van der Waals surface area contributed by atoms with Crippen LogP contribution in [0, 0.1) is 0 Å². The second-order valence-electron chi connectivity index (χ2n) is 11.3. The summed E-state index contributed by atoms with van der Waals surface area (Å²) in [6.45, 7) is 10.5. The number of amides is 2. The smallest absolute Gasteiger partial charge is 0.248 e. The van der Waals surface area contributed by atoms with Gasteiger partial charge in [-0.2, -0.15) is 0 Å². The second kappa shape index (κ2) is 12.0. The third-order valence-corrected chi connectivity index (χ3v) is 7.46. The molecule has 0 aliphatic heterocycles. The molecule has 6 nitrogen and oxygen atoms in total. The van der Waals surface area contributed by atoms with Crippen LogP contribution in [0.1, 0.15) is 96.7 Å². The van der Waals surface area contributed by atoms with Gasteiger partial charge in [0.2, 0.25) is 11.8 Å². The van der Waals surface area contributed by atoms with Crippen molar-refractivity contribution < 1.29 is 9.59 Å². The van der Waals surface area contributed by atoms with Crippen molar-refractivity contribution >= 4 is 17.5 Å². The van der Waals surface area contributed by atoms with Crippen LogP contribution >= 0.6 is 0 Å². The SMILES string of the molecule is CCCC(C)(NC)C(=O)N(c1ccc(C(C)(C)C)cc1)C(C(=O)NC1CCCCC1)c1cccnc1. The fraction of sp³-hybridized carbons (Fsp3) is 0.567. The van der Waals surface area contributed by atoms with E-state index in [0.717, 1.165) is 32.1 Å². The van der Waals surface area contributed by atoms with Gasteiger partial charge in [-0.05, 0) is 62.4 Å². The third-order valence-electron chi connectivity index (χ3n) is 7.46. The van der Waals surface area contributed by atoms with Crippen molar-refractivity contribution in [2.24, 2.45) is 0 Å². The maximum absolute atomic E-state index is 14.3. The van der Waals surface area contributed by atoms with Crippen LogP contribution in [0.3, 0.4) is 0 Å². The minimum Gasteiger partial charge on any atom is -0.351 e. The van der Waals surface area contributed by atoms with E-state index in [1.165, 1.54) is 12.0 Å². The summed E-state index contributed by atoms with van der Waals surface area (Å²) in [6.07, 6.45) is 10.3. The molecule has 2 unspecified atom stereocenters. The van der Waals surface area contributed by atoms with Gasteiger partial charge in [-0.3, -0.25) is 19.5 Å². The minimum atomic E-state index is -0.821. The molecule has 1 heterocycles. The number of aromatic nitrogens is 1. The van der Waals surface area contributed by atoms with Gasteiger partial charge < -0.3 is 10.6 Å². The van der Waals surface area contributed by atoms with Gasteiger partial charge >= 0.3 is 0 Å². The summed E-state index contributed by atoms with van der Waals surface area (Å²) in [7, 11) is 1.82. The summed E-state index contributed by atoms with van der Waals surface area (Å²) in [5.74, 6) is -0.277. The lowest BCUT2D eigenvalue weighted by Gasteiger charge is -2.39. The van der Waals surface area contributed by atoms with Crippen LogP contribution in [-0.2, 0) is 15.0 Å².